The van der Waals surface area contributed by atoms with Gasteiger partial charge in [0.1, 0.15) is 0 Å². The number of methoxy groups -OCH3 is 1. The highest BCUT2D eigenvalue weighted by Crippen LogP contribution is 2.16. The summed E-state index contributed by atoms with van der Waals surface area (Å²) in [6, 6.07) is 0. The number of amides is 4. The molecule has 4 amide bonds. The molecule has 10 nitrogen and oxygen atoms in total. The Morgan fingerprint density at radius 2 is 1.37 bits per heavy atom. The van der Waals surface area contributed by atoms with Crippen molar-refractivity contribution in [3.05, 3.63) is 22.8 Å². The summed E-state index contributed by atoms with van der Waals surface area (Å²) in [5.74, 6) is -9.25. The van der Waals surface area contributed by atoms with E-state index in [1.165, 1.54) is 0 Å². The van der Waals surface area contributed by atoms with Crippen LogP contribution in [0, 0.1) is 0 Å². The average molecular weight is 395 g/mol. The summed E-state index contributed by atoms with van der Waals surface area (Å²) in [6.45, 7) is 0. The largest absolute Gasteiger partial charge is 0.478 e. The van der Waals surface area contributed by atoms with Crippen molar-refractivity contribution in [1.29, 1.82) is 0 Å². The fourth-order valence-electron chi connectivity index (χ4n) is 1.66. The first-order chi connectivity index (χ1) is 13.0. The van der Waals surface area contributed by atoms with Crippen LogP contribution < -0.4 is 10.6 Å². The number of carboxylic acids is 1. The highest BCUT2D eigenvalue weighted by molar-refractivity contribution is 6.14. The molecule has 2 heterocycles. The number of hydrogen-bond acceptors (Lipinski definition) is 7. The molecule has 0 saturated carbocycles. The van der Waals surface area contributed by atoms with Gasteiger partial charge >= 0.3 is 11.9 Å². The Labute approximate surface area is 150 Å². The van der Waals surface area contributed by atoms with E-state index < -0.39 is 78.4 Å². The Hall–Kier alpha value is -3.51. The monoisotopic (exact) mass is 395 g/mol. The number of aliphatic carboxylic acids is 1. The molecular weight excluding hydrogens is 381 g/mol. The summed E-state index contributed by atoms with van der Waals surface area (Å²) in [5.41, 5.74) is -1.32. The number of imide groups is 2. The van der Waals surface area contributed by atoms with Crippen LogP contribution in [0.4, 0.5) is 13.2 Å². The van der Waals surface area contributed by atoms with Crippen molar-refractivity contribution in [2.75, 3.05) is 14.3 Å². The lowest BCUT2D eigenvalue weighted by molar-refractivity contribution is -0.139. The van der Waals surface area contributed by atoms with Crippen LogP contribution in [-0.2, 0) is 33.5 Å². The fraction of sp³-hybridized carbons (Fsp3) is 0.286. The van der Waals surface area contributed by atoms with E-state index >= 15 is 0 Å². The Morgan fingerprint density at radius 1 is 1.00 bits per heavy atom. The Kier molecular flexibility index (Phi) is 8.35. The van der Waals surface area contributed by atoms with Gasteiger partial charge in [-0.25, -0.2) is 18.4 Å². The number of esters is 1. The zero-order valence-corrected chi connectivity index (χ0v) is 13.6. The third-order valence-electron chi connectivity index (χ3n) is 2.80. The molecule has 0 aromatic heterocycles. The first-order valence-corrected chi connectivity index (χ1v) is 6.62. The van der Waals surface area contributed by atoms with Gasteiger partial charge in [0.2, 0.25) is 11.8 Å². The highest BCUT2D eigenvalue weighted by atomic mass is 19.1. The standard InChI is InChI=1S/C7H6FNO4.C6H4FNO4.CH3F/c1-13-7(12)3-2-4(10)9-6(11)5(3)8;7-4-2(6(11)12)1-3(9)8-5(4)10;1-2/h2H2,1H3,(H,9,10,11);1H2,(H,11,12)(H,8,9,10);1H3/i;;1D. The average Bonchev–Trinajstić information content (AvgIpc) is 2.61. The number of hydrogen-bond donors (Lipinski definition) is 3. The minimum Gasteiger partial charge on any atom is -0.478 e. The number of carbonyl (C=O) groups is 6. The van der Waals surface area contributed by atoms with Gasteiger partial charge in [0, 0.05) is 0 Å². The van der Waals surface area contributed by atoms with Gasteiger partial charge in [0.15, 0.2) is 11.7 Å². The molecule has 13 heteroatoms. The molecule has 0 atom stereocenters. The molecule has 3 N–H and O–H groups in total. The maximum absolute atomic E-state index is 12.9. The highest BCUT2D eigenvalue weighted by Gasteiger charge is 2.30. The molecule has 27 heavy (non-hydrogen) atoms. The summed E-state index contributed by atoms with van der Waals surface area (Å²) in [6.07, 6.45) is -1.07. The van der Waals surface area contributed by atoms with Gasteiger partial charge in [0.25, 0.3) is 11.8 Å². The number of nitrogens with one attached hydrogen (secondary N) is 2. The van der Waals surface area contributed by atoms with E-state index in [0.717, 1.165) is 7.11 Å². The van der Waals surface area contributed by atoms with Crippen molar-refractivity contribution in [3.63, 3.8) is 0 Å². The third kappa shape index (κ3) is 6.37. The molecule has 0 aromatic carbocycles. The molecule has 0 spiro atoms. The molecule has 0 radical (unpaired) electrons. The molecule has 0 bridgehead atoms. The summed E-state index contributed by atoms with van der Waals surface area (Å²) in [5, 5.41) is 11.7. The molecule has 2 rings (SSSR count). The van der Waals surface area contributed by atoms with E-state index in [1.807, 2.05) is 0 Å². The van der Waals surface area contributed by atoms with Crippen LogP contribution in [-0.4, -0.2) is 54.9 Å². The minimum absolute atomic E-state index is 0.468. The molecular formula is C14H13F3N2O8. The molecule has 2 aliphatic heterocycles. The number of carboxylic acid groups (broad SMARTS) is 1. The lowest BCUT2D eigenvalue weighted by Gasteiger charge is -2.12. The van der Waals surface area contributed by atoms with E-state index in [2.05, 4.69) is 4.74 Å². The normalized spacial score (nSPS) is 16.8. The van der Waals surface area contributed by atoms with Gasteiger partial charge in [-0.1, -0.05) is 0 Å². The van der Waals surface area contributed by atoms with Crippen LogP contribution in [0.2, 0.25) is 0 Å². The van der Waals surface area contributed by atoms with Gasteiger partial charge in [-0.2, -0.15) is 0 Å². The van der Waals surface area contributed by atoms with Crippen LogP contribution in [0.15, 0.2) is 22.8 Å². The topological polar surface area (TPSA) is 156 Å². The summed E-state index contributed by atoms with van der Waals surface area (Å²) >= 11 is 0. The predicted molar refractivity (Wildman–Crippen MR) is 78.5 cm³/mol. The second kappa shape index (κ2) is 10.5. The van der Waals surface area contributed by atoms with Crippen molar-refractivity contribution < 1.29 is 53.2 Å². The van der Waals surface area contributed by atoms with Crippen molar-refractivity contribution in [2.45, 2.75) is 12.8 Å². The maximum Gasteiger partial charge on any atom is 0.337 e. The Bertz CT molecular complexity index is 779. The summed E-state index contributed by atoms with van der Waals surface area (Å²) in [7, 11) is 0.0413. The zero-order chi connectivity index (χ0) is 22.0. The van der Waals surface area contributed by atoms with E-state index in [4.69, 9.17) is 6.48 Å². The lowest BCUT2D eigenvalue weighted by Crippen LogP contribution is -2.37. The van der Waals surface area contributed by atoms with Crippen LogP contribution in [0.1, 0.15) is 14.2 Å². The van der Waals surface area contributed by atoms with Crippen LogP contribution in [0.3, 0.4) is 0 Å². The number of rotatable bonds is 2. The van der Waals surface area contributed by atoms with E-state index in [1.54, 1.807) is 10.6 Å². The van der Waals surface area contributed by atoms with Crippen LogP contribution >= 0.6 is 0 Å². The van der Waals surface area contributed by atoms with Crippen molar-refractivity contribution in [3.8, 4) is 0 Å². The molecule has 148 valence electrons. The van der Waals surface area contributed by atoms with Crippen molar-refractivity contribution in [1.82, 2.24) is 10.6 Å². The number of carbonyl (C=O) groups excluding carboxylic acids is 5. The van der Waals surface area contributed by atoms with E-state index in [0.29, 0.717) is 0 Å². The lowest BCUT2D eigenvalue weighted by atomic mass is 10.1. The second-order valence-corrected chi connectivity index (χ2v) is 4.49. The van der Waals surface area contributed by atoms with Gasteiger partial charge < -0.3 is 9.84 Å². The quantitative estimate of drug-likeness (QED) is 0.412. The van der Waals surface area contributed by atoms with Crippen LogP contribution in [0.25, 0.3) is 0 Å². The second-order valence-electron chi connectivity index (χ2n) is 4.49. The van der Waals surface area contributed by atoms with E-state index in [9.17, 15) is 41.9 Å². The molecule has 0 fully saturated rings. The smallest absolute Gasteiger partial charge is 0.337 e. The van der Waals surface area contributed by atoms with Gasteiger partial charge in [-0.3, -0.25) is 34.2 Å². The third-order valence-corrected chi connectivity index (χ3v) is 2.80. The van der Waals surface area contributed by atoms with Crippen LogP contribution in [0.5, 0.6) is 0 Å². The number of alkyl halides is 1. The Balaban J connectivity index is 0.000000458. The SMILES string of the molecule is COC(=O)C1=C(F)C(=O)NC(=O)C1.O=C1CC(C(=O)O)=C(F)C(=O)N1.[2H]CF. The van der Waals surface area contributed by atoms with Crippen molar-refractivity contribution >= 4 is 35.6 Å². The van der Waals surface area contributed by atoms with E-state index in [-0.39, 0.29) is 0 Å². The molecule has 2 aliphatic rings. The molecule has 0 aromatic rings. The van der Waals surface area contributed by atoms with Gasteiger partial charge in [0.05, 0.1) is 39.6 Å². The molecule has 0 saturated heterocycles. The molecule has 0 aliphatic carbocycles. The molecule has 0 unspecified atom stereocenters. The first-order valence-electron chi connectivity index (χ1n) is 7.33. The first kappa shape index (κ1) is 21.5. The summed E-state index contributed by atoms with van der Waals surface area (Å²) in [4.78, 5) is 63.4. The summed E-state index contributed by atoms with van der Waals surface area (Å²) < 4.78 is 45.2. The van der Waals surface area contributed by atoms with Crippen molar-refractivity contribution in [2.24, 2.45) is 0 Å². The minimum atomic E-state index is -1.59. The van der Waals surface area contributed by atoms with Gasteiger partial charge in [-0.05, 0) is 0 Å². The number of ether oxygens (including phenoxy) is 1. The number of halogens is 3. The zero-order valence-electron chi connectivity index (χ0n) is 14.6. The Morgan fingerprint density at radius 3 is 1.74 bits per heavy atom. The fourth-order valence-corrected chi connectivity index (χ4v) is 1.66. The maximum atomic E-state index is 12.9. The predicted octanol–water partition coefficient (Wildman–Crippen LogP) is -0.644. The van der Waals surface area contributed by atoms with Gasteiger partial charge in [-0.15, -0.1) is 0 Å².